The van der Waals surface area contributed by atoms with E-state index in [-0.39, 0.29) is 56.6 Å². The summed E-state index contributed by atoms with van der Waals surface area (Å²) in [7, 11) is 0. The first-order chi connectivity index (χ1) is 22.4. The number of carbonyl (C=O) groups excluding carboxylic acids is 2. The predicted octanol–water partition coefficient (Wildman–Crippen LogP) is 6.15. The number of benzene rings is 1. The minimum Gasteiger partial charge on any atom is -0.494 e. The molecule has 2 aliphatic heterocycles. The molecule has 0 saturated carbocycles. The highest BCUT2D eigenvalue weighted by atomic mass is 16.6. The summed E-state index contributed by atoms with van der Waals surface area (Å²) in [5.74, 6) is -0.826. The van der Waals surface area contributed by atoms with Crippen LogP contribution in [-0.4, -0.2) is 83.8 Å². The van der Waals surface area contributed by atoms with Gasteiger partial charge in [0.2, 0.25) is 5.91 Å². The van der Waals surface area contributed by atoms with E-state index in [4.69, 9.17) is 14.2 Å². The van der Waals surface area contributed by atoms with Crippen molar-refractivity contribution in [2.45, 2.75) is 122 Å². The summed E-state index contributed by atoms with van der Waals surface area (Å²) in [4.78, 5) is 40.2. The van der Waals surface area contributed by atoms with Gasteiger partial charge in [-0.25, -0.2) is 0 Å². The Hall–Kier alpha value is -2.80. The predicted molar refractivity (Wildman–Crippen MR) is 178 cm³/mol. The fourth-order valence-electron chi connectivity index (χ4n) is 6.68. The van der Waals surface area contributed by atoms with Crippen molar-refractivity contribution in [3.63, 3.8) is 0 Å². The van der Waals surface area contributed by atoms with Gasteiger partial charge in [0.15, 0.2) is 6.10 Å². The molecule has 12 heteroatoms. The van der Waals surface area contributed by atoms with Gasteiger partial charge >= 0.3 is 0 Å². The van der Waals surface area contributed by atoms with Gasteiger partial charge in [-0.05, 0) is 52.7 Å². The molecule has 0 bridgehead atoms. The van der Waals surface area contributed by atoms with Gasteiger partial charge in [-0.2, -0.15) is 0 Å². The lowest BCUT2D eigenvalue weighted by atomic mass is 9.86. The van der Waals surface area contributed by atoms with Gasteiger partial charge in [-0.1, -0.05) is 64.7 Å². The quantitative estimate of drug-likeness (QED) is 0.134. The lowest BCUT2D eigenvalue weighted by molar-refractivity contribution is -0.386. The van der Waals surface area contributed by atoms with Crippen molar-refractivity contribution < 1.29 is 33.9 Å². The molecule has 1 radical (unpaired) electrons. The fourth-order valence-corrected chi connectivity index (χ4v) is 6.68. The lowest BCUT2D eigenvalue weighted by Gasteiger charge is -2.35. The number of unbranched alkanes of at least 4 members (excludes halogenated alkanes) is 9. The summed E-state index contributed by atoms with van der Waals surface area (Å²) in [6.45, 7) is 10.9. The second-order valence-corrected chi connectivity index (χ2v) is 14.0. The number of hydroxylamine groups is 2. The molecule has 0 aliphatic carbocycles. The number of amides is 2. The van der Waals surface area contributed by atoms with Crippen LogP contribution in [0.3, 0.4) is 0 Å². The molecule has 2 aliphatic rings. The number of carbonyl (C=O) groups is 2. The standard InChI is InChI=1S/C35H57N4O8/c1-6-7-8-9-10-11-12-13-14-15-21-46-27-16-17-30(38(42)43)28(25-27)31-32(40)36-18-22-45-23-19-37(20-24-47-31)33(41)29-26-34(2,3)39(44)35(29,4)5/h16-17,25,29,31H,6-15,18-24,26H2,1-5H3,(H,36,40). The maximum absolute atomic E-state index is 13.8. The summed E-state index contributed by atoms with van der Waals surface area (Å²) >= 11 is 0. The highest BCUT2D eigenvalue weighted by Gasteiger charge is 2.55. The Kier molecular flexibility index (Phi) is 15.3. The maximum atomic E-state index is 13.8. The molecule has 1 aromatic carbocycles. The summed E-state index contributed by atoms with van der Waals surface area (Å²) in [6.07, 6.45) is 11.1. The Morgan fingerprint density at radius 2 is 1.64 bits per heavy atom. The van der Waals surface area contributed by atoms with Gasteiger partial charge in [0.1, 0.15) is 5.75 Å². The fraction of sp³-hybridized carbons (Fsp3) is 0.771. The van der Waals surface area contributed by atoms with Crippen molar-refractivity contribution >= 4 is 17.5 Å². The minimum atomic E-state index is -1.30. The molecule has 0 aromatic heterocycles. The normalized spacial score (nSPS) is 22.3. The molecule has 2 unspecified atom stereocenters. The van der Waals surface area contributed by atoms with Gasteiger partial charge in [0, 0.05) is 31.2 Å². The third-order valence-electron chi connectivity index (χ3n) is 9.42. The number of nitrogens with one attached hydrogen (secondary N) is 1. The molecule has 47 heavy (non-hydrogen) atoms. The van der Waals surface area contributed by atoms with E-state index in [1.165, 1.54) is 57.1 Å². The van der Waals surface area contributed by atoms with E-state index in [1.807, 2.05) is 13.8 Å². The van der Waals surface area contributed by atoms with E-state index in [2.05, 4.69) is 12.2 Å². The first-order valence-electron chi connectivity index (χ1n) is 17.5. The number of ether oxygens (including phenoxy) is 3. The number of rotatable bonds is 15. The third kappa shape index (κ3) is 11.1. The van der Waals surface area contributed by atoms with Crippen molar-refractivity contribution in [1.82, 2.24) is 15.3 Å². The van der Waals surface area contributed by atoms with Gasteiger partial charge in [-0.15, -0.1) is 10.3 Å². The molecule has 265 valence electrons. The largest absolute Gasteiger partial charge is 0.494 e. The van der Waals surface area contributed by atoms with Crippen LogP contribution in [0.4, 0.5) is 5.69 Å². The molecule has 2 fully saturated rings. The summed E-state index contributed by atoms with van der Waals surface area (Å²) in [5.41, 5.74) is -1.75. The topological polar surface area (TPSA) is 143 Å². The van der Waals surface area contributed by atoms with Crippen LogP contribution >= 0.6 is 0 Å². The Morgan fingerprint density at radius 1 is 1.00 bits per heavy atom. The number of hydrogen-bond donors (Lipinski definition) is 1. The first-order valence-corrected chi connectivity index (χ1v) is 17.5. The van der Waals surface area contributed by atoms with Gasteiger partial charge < -0.3 is 24.4 Å². The number of hydrogen-bond acceptors (Lipinski definition) is 8. The Morgan fingerprint density at radius 3 is 2.26 bits per heavy atom. The number of nitrogens with zero attached hydrogens (tertiary/aromatic N) is 3. The lowest BCUT2D eigenvalue weighted by Crippen LogP contribution is -2.50. The first kappa shape index (κ1) is 38.6. The highest BCUT2D eigenvalue weighted by molar-refractivity contribution is 5.84. The monoisotopic (exact) mass is 661 g/mol. The van der Waals surface area contributed by atoms with E-state index in [0.717, 1.165) is 24.3 Å². The molecule has 12 nitrogen and oxygen atoms in total. The highest BCUT2D eigenvalue weighted by Crippen LogP contribution is 2.44. The van der Waals surface area contributed by atoms with E-state index >= 15 is 0 Å². The summed E-state index contributed by atoms with van der Waals surface area (Å²) in [6, 6.07) is 4.40. The molecule has 0 spiro atoms. The molecule has 2 heterocycles. The maximum Gasteiger partial charge on any atom is 0.276 e. The van der Waals surface area contributed by atoms with Crippen LogP contribution in [0.25, 0.3) is 0 Å². The van der Waals surface area contributed by atoms with Crippen LogP contribution in [0, 0.1) is 16.0 Å². The zero-order chi connectivity index (χ0) is 34.5. The molecule has 2 atom stereocenters. The SMILES string of the molecule is CCCCCCCCCCCCOc1ccc([N+](=O)[O-])c(C2OCCN(C(=O)C3CC(C)(C)N([O])C3(C)C)CCOCCNC2=O)c1. The van der Waals surface area contributed by atoms with Gasteiger partial charge in [0.05, 0.1) is 48.4 Å². The minimum absolute atomic E-state index is 0.0533. The molecular weight excluding hydrogens is 604 g/mol. The van der Waals surface area contributed by atoms with Crippen LogP contribution in [0.2, 0.25) is 0 Å². The second-order valence-electron chi connectivity index (χ2n) is 14.0. The number of nitro groups is 1. The Bertz CT molecular complexity index is 1160. The zero-order valence-corrected chi connectivity index (χ0v) is 29.2. The molecule has 1 N–H and O–H groups in total. The van der Waals surface area contributed by atoms with E-state index < -0.39 is 33.9 Å². The zero-order valence-electron chi connectivity index (χ0n) is 29.2. The van der Waals surface area contributed by atoms with E-state index in [1.54, 1.807) is 24.8 Å². The van der Waals surface area contributed by atoms with Gasteiger partial charge in [0.25, 0.3) is 11.6 Å². The van der Waals surface area contributed by atoms with Crippen molar-refractivity contribution in [3.05, 3.63) is 33.9 Å². The van der Waals surface area contributed by atoms with Crippen LogP contribution in [0.1, 0.15) is 117 Å². The smallest absolute Gasteiger partial charge is 0.276 e. The number of nitro benzene ring substituents is 1. The molecule has 2 amide bonds. The summed E-state index contributed by atoms with van der Waals surface area (Å²) in [5, 5.41) is 28.8. The average molecular weight is 662 g/mol. The van der Waals surface area contributed by atoms with Crippen LogP contribution in [-0.2, 0) is 24.3 Å². The van der Waals surface area contributed by atoms with Crippen molar-refractivity contribution in [2.24, 2.45) is 5.92 Å². The van der Waals surface area contributed by atoms with Gasteiger partial charge in [-0.3, -0.25) is 19.7 Å². The van der Waals surface area contributed by atoms with Crippen molar-refractivity contribution in [2.75, 3.05) is 46.1 Å². The Balaban J connectivity index is 1.65. The Labute approximate surface area is 280 Å². The molecular formula is C35H57N4O8. The van der Waals surface area contributed by atoms with Crippen molar-refractivity contribution in [3.8, 4) is 5.75 Å². The average Bonchev–Trinajstić information content (AvgIpc) is 3.19. The molecule has 3 rings (SSSR count). The van der Waals surface area contributed by atoms with Crippen LogP contribution in [0.5, 0.6) is 5.75 Å². The van der Waals surface area contributed by atoms with Crippen LogP contribution < -0.4 is 10.1 Å². The van der Waals surface area contributed by atoms with E-state index in [9.17, 15) is 24.9 Å². The molecule has 1 aromatic rings. The second kappa shape index (κ2) is 18.7. The third-order valence-corrected chi connectivity index (χ3v) is 9.42. The van der Waals surface area contributed by atoms with E-state index in [0.29, 0.717) is 18.8 Å². The van der Waals surface area contributed by atoms with Crippen LogP contribution in [0.15, 0.2) is 18.2 Å². The van der Waals surface area contributed by atoms with Crippen molar-refractivity contribution in [1.29, 1.82) is 0 Å². The molecule has 2 saturated heterocycles. The summed E-state index contributed by atoms with van der Waals surface area (Å²) < 4.78 is 17.7.